The molecule has 0 bridgehead atoms. The van der Waals surface area contributed by atoms with Crippen molar-refractivity contribution in [2.24, 2.45) is 5.41 Å². The highest BCUT2D eigenvalue weighted by Crippen LogP contribution is 2.31. The van der Waals surface area contributed by atoms with Crippen LogP contribution in [0.25, 0.3) is 5.57 Å². The average Bonchev–Trinajstić information content (AvgIpc) is 2.15. The minimum Gasteiger partial charge on any atom is -0.0947 e. The Bertz CT molecular complexity index is 356. The molecule has 0 saturated heterocycles. The predicted octanol–water partition coefficient (Wildman–Crippen LogP) is 3.44. The fourth-order valence-corrected chi connectivity index (χ4v) is 3.07. The van der Waals surface area contributed by atoms with Crippen molar-refractivity contribution in [3.63, 3.8) is 0 Å². The van der Waals surface area contributed by atoms with Crippen LogP contribution in [0.15, 0.2) is 30.8 Å². The lowest BCUT2D eigenvalue weighted by molar-refractivity contribution is 0.568. The van der Waals surface area contributed by atoms with Crippen molar-refractivity contribution in [2.75, 3.05) is 0 Å². The third-order valence-electron chi connectivity index (χ3n) is 2.81. The predicted molar refractivity (Wildman–Crippen MR) is 73.4 cm³/mol. The maximum absolute atomic E-state index is 4.26. The van der Waals surface area contributed by atoms with Gasteiger partial charge in [-0.15, -0.1) is 0 Å². The minimum absolute atomic E-state index is 0.166. The van der Waals surface area contributed by atoms with Crippen molar-refractivity contribution in [3.05, 3.63) is 36.4 Å². The minimum atomic E-state index is -0.757. The third kappa shape index (κ3) is 2.82. The third-order valence-corrected chi connectivity index (χ3v) is 4.56. The summed E-state index contributed by atoms with van der Waals surface area (Å²) >= 11 is 0. The Kier molecular flexibility index (Phi) is 3.56. The van der Waals surface area contributed by atoms with Gasteiger partial charge in [-0.2, -0.15) is 0 Å². The number of rotatable bonds is 2. The van der Waals surface area contributed by atoms with Crippen LogP contribution in [0.3, 0.4) is 0 Å². The zero-order valence-electron chi connectivity index (χ0n) is 10.6. The molecule has 0 N–H and O–H groups in total. The van der Waals surface area contributed by atoms with Crippen LogP contribution in [0, 0.1) is 5.41 Å². The van der Waals surface area contributed by atoms with Crippen molar-refractivity contribution in [3.8, 4) is 0 Å². The summed E-state index contributed by atoms with van der Waals surface area (Å²) in [5.74, 6) is 0. The van der Waals surface area contributed by atoms with Crippen LogP contribution in [0.2, 0.25) is 13.1 Å². The fraction of sp³-hybridized carbons (Fsp3) is 0.429. The van der Waals surface area contributed by atoms with E-state index in [1.165, 1.54) is 16.3 Å². The molecule has 0 aliphatic rings. The smallest absolute Gasteiger partial charge is 0.0655 e. The van der Waals surface area contributed by atoms with Gasteiger partial charge < -0.3 is 0 Å². The fourth-order valence-electron chi connectivity index (χ4n) is 1.68. The first-order valence-electron chi connectivity index (χ1n) is 5.62. The second-order valence-electron chi connectivity index (χ2n) is 5.47. The molecule has 0 aliphatic carbocycles. The van der Waals surface area contributed by atoms with E-state index in [4.69, 9.17) is 0 Å². The Morgan fingerprint density at radius 3 is 2.13 bits per heavy atom. The average molecular weight is 218 g/mol. The van der Waals surface area contributed by atoms with Crippen molar-refractivity contribution in [2.45, 2.75) is 33.9 Å². The van der Waals surface area contributed by atoms with Gasteiger partial charge in [-0.05, 0) is 16.6 Å². The number of hydrogen-bond donors (Lipinski definition) is 0. The molecule has 1 heteroatoms. The Balaban J connectivity index is 3.20. The highest BCUT2D eigenvalue weighted by molar-refractivity contribution is 6.71. The van der Waals surface area contributed by atoms with Crippen LogP contribution < -0.4 is 5.19 Å². The van der Waals surface area contributed by atoms with Gasteiger partial charge in [-0.25, -0.2) is 0 Å². The van der Waals surface area contributed by atoms with Gasteiger partial charge in [0.2, 0.25) is 0 Å². The maximum Gasteiger partial charge on any atom is 0.0655 e. The first-order chi connectivity index (χ1) is 6.84. The molecule has 1 aromatic rings. The lowest BCUT2D eigenvalue weighted by Gasteiger charge is -2.25. The van der Waals surface area contributed by atoms with Gasteiger partial charge in [-0.3, -0.25) is 0 Å². The van der Waals surface area contributed by atoms with E-state index >= 15 is 0 Å². The lowest BCUT2D eigenvalue weighted by atomic mass is 9.83. The second kappa shape index (κ2) is 4.36. The topological polar surface area (TPSA) is 0 Å². The SMILES string of the molecule is C=C(c1ccccc1[SiH](C)C)C(C)(C)C. The summed E-state index contributed by atoms with van der Waals surface area (Å²) in [6.07, 6.45) is 0. The summed E-state index contributed by atoms with van der Waals surface area (Å²) in [7, 11) is -0.757. The van der Waals surface area contributed by atoms with Gasteiger partial charge in [0.1, 0.15) is 0 Å². The van der Waals surface area contributed by atoms with E-state index in [9.17, 15) is 0 Å². The molecule has 15 heavy (non-hydrogen) atoms. The van der Waals surface area contributed by atoms with Crippen molar-refractivity contribution < 1.29 is 0 Å². The Morgan fingerprint density at radius 2 is 1.67 bits per heavy atom. The molecule has 0 fully saturated rings. The molecule has 0 aromatic heterocycles. The molecular weight excluding hydrogens is 196 g/mol. The summed E-state index contributed by atoms with van der Waals surface area (Å²) in [5, 5.41) is 1.54. The van der Waals surface area contributed by atoms with E-state index < -0.39 is 8.80 Å². The Labute approximate surface area is 95.6 Å². The largest absolute Gasteiger partial charge is 0.0947 e. The molecule has 0 amide bonds. The summed E-state index contributed by atoms with van der Waals surface area (Å²) in [5.41, 5.74) is 2.81. The number of hydrogen-bond acceptors (Lipinski definition) is 0. The first-order valence-corrected chi connectivity index (χ1v) is 8.51. The van der Waals surface area contributed by atoms with Gasteiger partial charge in [0.15, 0.2) is 0 Å². The molecule has 82 valence electrons. The van der Waals surface area contributed by atoms with E-state index in [1.807, 2.05) is 0 Å². The van der Waals surface area contributed by atoms with Gasteiger partial charge >= 0.3 is 0 Å². The molecule has 0 heterocycles. The zero-order chi connectivity index (χ0) is 11.6. The van der Waals surface area contributed by atoms with Crippen LogP contribution in [0.5, 0.6) is 0 Å². The van der Waals surface area contributed by atoms with Crippen LogP contribution in [-0.2, 0) is 0 Å². The van der Waals surface area contributed by atoms with Crippen molar-refractivity contribution in [1.82, 2.24) is 0 Å². The van der Waals surface area contributed by atoms with Gasteiger partial charge in [0.05, 0.1) is 8.80 Å². The van der Waals surface area contributed by atoms with Crippen LogP contribution in [0.4, 0.5) is 0 Å². The maximum atomic E-state index is 4.26. The standard InChI is InChI=1S/C14H22Si/c1-11(14(2,3)4)12-9-7-8-10-13(12)15(5)6/h7-10,15H,1H2,2-6H3. The normalized spacial score (nSPS) is 11.9. The summed E-state index contributed by atoms with van der Waals surface area (Å²) in [6.45, 7) is 15.7. The van der Waals surface area contributed by atoms with Gasteiger partial charge in [0, 0.05) is 0 Å². The zero-order valence-corrected chi connectivity index (χ0v) is 11.7. The van der Waals surface area contributed by atoms with Gasteiger partial charge in [0.25, 0.3) is 0 Å². The van der Waals surface area contributed by atoms with E-state index in [2.05, 4.69) is 64.7 Å². The second-order valence-corrected chi connectivity index (χ2v) is 8.40. The quantitative estimate of drug-likeness (QED) is 0.667. The molecule has 0 spiro atoms. The molecule has 0 atom stereocenters. The van der Waals surface area contributed by atoms with Crippen LogP contribution in [0.1, 0.15) is 26.3 Å². The molecule has 0 radical (unpaired) electrons. The molecular formula is C14H22Si. The van der Waals surface area contributed by atoms with Crippen molar-refractivity contribution >= 4 is 19.6 Å². The van der Waals surface area contributed by atoms with E-state index in [0.717, 1.165) is 0 Å². The van der Waals surface area contributed by atoms with Crippen LogP contribution >= 0.6 is 0 Å². The highest BCUT2D eigenvalue weighted by Gasteiger charge is 2.19. The molecule has 0 nitrogen and oxygen atoms in total. The molecule has 1 rings (SSSR count). The number of allylic oxidation sites excluding steroid dienone is 1. The molecule has 0 aliphatic heterocycles. The molecule has 1 aromatic carbocycles. The first kappa shape index (κ1) is 12.2. The molecule has 0 saturated carbocycles. The summed E-state index contributed by atoms with van der Waals surface area (Å²) < 4.78 is 0. The Hall–Kier alpha value is -0.823. The van der Waals surface area contributed by atoms with Crippen molar-refractivity contribution in [1.29, 1.82) is 0 Å². The number of benzene rings is 1. The van der Waals surface area contributed by atoms with E-state index in [0.29, 0.717) is 0 Å². The summed E-state index contributed by atoms with van der Waals surface area (Å²) in [6, 6.07) is 8.74. The Morgan fingerprint density at radius 1 is 1.13 bits per heavy atom. The molecule has 0 unspecified atom stereocenters. The highest BCUT2D eigenvalue weighted by atomic mass is 28.3. The van der Waals surface area contributed by atoms with Gasteiger partial charge in [-0.1, -0.05) is 69.9 Å². The van der Waals surface area contributed by atoms with E-state index in [-0.39, 0.29) is 5.41 Å². The lowest BCUT2D eigenvalue weighted by Crippen LogP contribution is -2.28. The monoisotopic (exact) mass is 218 g/mol. The summed E-state index contributed by atoms with van der Waals surface area (Å²) in [4.78, 5) is 0. The van der Waals surface area contributed by atoms with E-state index in [1.54, 1.807) is 0 Å². The van der Waals surface area contributed by atoms with Crippen LogP contribution in [-0.4, -0.2) is 8.80 Å².